The number of nitrogens with zero attached hydrogens (tertiary/aromatic N) is 1. The summed E-state index contributed by atoms with van der Waals surface area (Å²) in [4.78, 5) is 16.4. The molecule has 1 fully saturated rings. The molecule has 2 N–H and O–H groups in total. The second kappa shape index (κ2) is 8.43. The fourth-order valence-corrected chi connectivity index (χ4v) is 3.37. The van der Waals surface area contributed by atoms with Gasteiger partial charge in [-0.25, -0.2) is 4.98 Å². The van der Waals surface area contributed by atoms with Gasteiger partial charge in [-0.05, 0) is 44.9 Å². The van der Waals surface area contributed by atoms with Crippen LogP contribution < -0.4 is 10.6 Å². The van der Waals surface area contributed by atoms with Crippen molar-refractivity contribution in [2.45, 2.75) is 38.6 Å². The van der Waals surface area contributed by atoms with Crippen molar-refractivity contribution in [1.82, 2.24) is 10.3 Å². The van der Waals surface area contributed by atoms with Gasteiger partial charge in [-0.15, -0.1) is 23.7 Å². The molecule has 1 unspecified atom stereocenters. The van der Waals surface area contributed by atoms with Gasteiger partial charge in [0.05, 0.1) is 10.7 Å². The van der Waals surface area contributed by atoms with E-state index < -0.39 is 0 Å². The topological polar surface area (TPSA) is 54.0 Å². The minimum atomic E-state index is 0. The van der Waals surface area contributed by atoms with Crippen molar-refractivity contribution < 1.29 is 4.79 Å². The second-order valence-electron chi connectivity index (χ2n) is 5.71. The van der Waals surface area contributed by atoms with Gasteiger partial charge in [0.2, 0.25) is 5.91 Å². The molecule has 124 valence electrons. The maximum atomic E-state index is 12.0. The Morgan fingerprint density at radius 2 is 2.17 bits per heavy atom. The van der Waals surface area contributed by atoms with E-state index in [0.717, 1.165) is 34.9 Å². The smallest absolute Gasteiger partial charge is 0.224 e. The first kappa shape index (κ1) is 17.9. The molecule has 1 aliphatic heterocycles. The number of thiazole rings is 1. The minimum absolute atomic E-state index is 0. The Labute approximate surface area is 147 Å². The molecule has 0 bridgehead atoms. The molecule has 2 heterocycles. The van der Waals surface area contributed by atoms with Crippen LogP contribution in [-0.2, 0) is 4.79 Å². The number of amides is 1. The van der Waals surface area contributed by atoms with E-state index in [9.17, 15) is 4.79 Å². The molecule has 1 aliphatic rings. The predicted octanol–water partition coefficient (Wildman–Crippen LogP) is 4.01. The van der Waals surface area contributed by atoms with E-state index in [0.29, 0.717) is 12.5 Å². The molecule has 1 atom stereocenters. The highest BCUT2D eigenvalue weighted by molar-refractivity contribution is 7.09. The van der Waals surface area contributed by atoms with Crippen LogP contribution in [0.3, 0.4) is 0 Å². The Hall–Kier alpha value is -1.43. The molecule has 23 heavy (non-hydrogen) atoms. The quantitative estimate of drug-likeness (QED) is 0.855. The van der Waals surface area contributed by atoms with Crippen LogP contribution in [-0.4, -0.2) is 23.5 Å². The van der Waals surface area contributed by atoms with Gasteiger partial charge in [0, 0.05) is 29.1 Å². The monoisotopic (exact) mass is 351 g/mol. The maximum Gasteiger partial charge on any atom is 0.224 e. The number of carbonyl (C=O) groups is 1. The second-order valence-corrected chi connectivity index (χ2v) is 6.77. The standard InChI is InChI=1S/C17H21N3OS.ClH/c1-12-19-16(11-22-12)13-4-6-15(7-5-13)20-17(21)9-8-14-3-2-10-18-14;/h4-7,11,14,18H,2-3,8-10H2,1H3,(H,20,21);1H. The molecule has 1 aromatic carbocycles. The Morgan fingerprint density at radius 3 is 2.78 bits per heavy atom. The van der Waals surface area contributed by atoms with Gasteiger partial charge >= 0.3 is 0 Å². The molecule has 6 heteroatoms. The predicted molar refractivity (Wildman–Crippen MR) is 98.4 cm³/mol. The Balaban J connectivity index is 0.00000192. The molecule has 1 aromatic heterocycles. The SMILES string of the molecule is Cc1nc(-c2ccc(NC(=O)CCC3CCCN3)cc2)cs1.Cl. The lowest BCUT2D eigenvalue weighted by Gasteiger charge is -2.10. The number of halogens is 1. The average molecular weight is 352 g/mol. The van der Waals surface area contributed by atoms with Gasteiger partial charge < -0.3 is 10.6 Å². The largest absolute Gasteiger partial charge is 0.326 e. The minimum Gasteiger partial charge on any atom is -0.326 e. The number of rotatable bonds is 5. The van der Waals surface area contributed by atoms with Crippen molar-refractivity contribution in [1.29, 1.82) is 0 Å². The number of aromatic nitrogens is 1. The number of hydrogen-bond donors (Lipinski definition) is 2. The van der Waals surface area contributed by atoms with Gasteiger partial charge in [0.25, 0.3) is 0 Å². The summed E-state index contributed by atoms with van der Waals surface area (Å²) in [5.41, 5.74) is 2.92. The summed E-state index contributed by atoms with van der Waals surface area (Å²) >= 11 is 1.65. The van der Waals surface area contributed by atoms with Crippen molar-refractivity contribution in [3.05, 3.63) is 34.7 Å². The van der Waals surface area contributed by atoms with E-state index in [-0.39, 0.29) is 18.3 Å². The van der Waals surface area contributed by atoms with Crippen molar-refractivity contribution in [2.24, 2.45) is 0 Å². The fourth-order valence-electron chi connectivity index (χ4n) is 2.75. The van der Waals surface area contributed by atoms with Crippen LogP contribution in [0.5, 0.6) is 0 Å². The first-order chi connectivity index (χ1) is 10.7. The summed E-state index contributed by atoms with van der Waals surface area (Å²) in [5.74, 6) is 0.0888. The van der Waals surface area contributed by atoms with Gasteiger partial charge in [0.15, 0.2) is 0 Å². The van der Waals surface area contributed by atoms with Gasteiger partial charge in [-0.2, -0.15) is 0 Å². The first-order valence-electron chi connectivity index (χ1n) is 7.76. The highest BCUT2D eigenvalue weighted by Crippen LogP contribution is 2.23. The molecule has 0 radical (unpaired) electrons. The maximum absolute atomic E-state index is 12.0. The normalized spacial score (nSPS) is 16.8. The van der Waals surface area contributed by atoms with Crippen LogP contribution in [0, 0.1) is 6.92 Å². The molecule has 1 amide bonds. The number of hydrogen-bond acceptors (Lipinski definition) is 4. The van der Waals surface area contributed by atoms with Crippen LogP contribution in [0.4, 0.5) is 5.69 Å². The van der Waals surface area contributed by atoms with Crippen molar-refractivity contribution in [3.63, 3.8) is 0 Å². The van der Waals surface area contributed by atoms with E-state index in [1.165, 1.54) is 12.8 Å². The van der Waals surface area contributed by atoms with Crippen LogP contribution >= 0.6 is 23.7 Å². The zero-order chi connectivity index (χ0) is 15.4. The van der Waals surface area contributed by atoms with Gasteiger partial charge in [0.1, 0.15) is 0 Å². The number of nitrogens with one attached hydrogen (secondary N) is 2. The average Bonchev–Trinajstić information content (AvgIpc) is 3.17. The van der Waals surface area contributed by atoms with E-state index in [1.54, 1.807) is 11.3 Å². The Morgan fingerprint density at radius 1 is 1.39 bits per heavy atom. The van der Waals surface area contributed by atoms with Gasteiger partial charge in [-0.1, -0.05) is 12.1 Å². The molecule has 4 nitrogen and oxygen atoms in total. The number of anilines is 1. The van der Waals surface area contributed by atoms with Crippen LogP contribution in [0.2, 0.25) is 0 Å². The number of carbonyl (C=O) groups excluding carboxylic acids is 1. The van der Waals surface area contributed by atoms with Crippen molar-refractivity contribution in [3.8, 4) is 11.3 Å². The van der Waals surface area contributed by atoms with E-state index >= 15 is 0 Å². The summed E-state index contributed by atoms with van der Waals surface area (Å²) in [7, 11) is 0. The lowest BCUT2D eigenvalue weighted by atomic mass is 10.1. The molecule has 0 saturated carbocycles. The molecular weight excluding hydrogens is 330 g/mol. The first-order valence-corrected chi connectivity index (χ1v) is 8.64. The van der Waals surface area contributed by atoms with E-state index in [4.69, 9.17) is 0 Å². The highest BCUT2D eigenvalue weighted by atomic mass is 35.5. The zero-order valence-electron chi connectivity index (χ0n) is 13.2. The summed E-state index contributed by atoms with van der Waals surface area (Å²) in [6, 6.07) is 8.40. The fraction of sp³-hybridized carbons (Fsp3) is 0.412. The third kappa shape index (κ3) is 5.03. The third-order valence-corrected chi connectivity index (χ3v) is 4.74. The van der Waals surface area contributed by atoms with Crippen molar-refractivity contribution >= 4 is 35.3 Å². The lowest BCUT2D eigenvalue weighted by molar-refractivity contribution is -0.116. The molecule has 3 rings (SSSR count). The summed E-state index contributed by atoms with van der Waals surface area (Å²) in [5, 5.41) is 9.50. The lowest BCUT2D eigenvalue weighted by Crippen LogP contribution is -2.23. The van der Waals surface area contributed by atoms with E-state index in [1.807, 2.05) is 31.2 Å². The summed E-state index contributed by atoms with van der Waals surface area (Å²) in [6.45, 7) is 3.09. The highest BCUT2D eigenvalue weighted by Gasteiger charge is 2.15. The Bertz CT molecular complexity index is 636. The molecular formula is C17H22ClN3OS. The number of aryl methyl sites for hydroxylation is 1. The molecule has 2 aromatic rings. The molecule has 0 spiro atoms. The Kier molecular flexibility index (Phi) is 6.57. The molecule has 1 saturated heterocycles. The third-order valence-electron chi connectivity index (χ3n) is 3.97. The summed E-state index contributed by atoms with van der Waals surface area (Å²) in [6.07, 6.45) is 3.91. The summed E-state index contributed by atoms with van der Waals surface area (Å²) < 4.78 is 0. The zero-order valence-corrected chi connectivity index (χ0v) is 14.8. The van der Waals surface area contributed by atoms with E-state index in [2.05, 4.69) is 21.0 Å². The van der Waals surface area contributed by atoms with Crippen LogP contribution in [0.1, 0.15) is 30.7 Å². The number of benzene rings is 1. The van der Waals surface area contributed by atoms with Crippen LogP contribution in [0.15, 0.2) is 29.6 Å². The van der Waals surface area contributed by atoms with Gasteiger partial charge in [-0.3, -0.25) is 4.79 Å². The van der Waals surface area contributed by atoms with Crippen LogP contribution in [0.25, 0.3) is 11.3 Å². The van der Waals surface area contributed by atoms with Crippen molar-refractivity contribution in [2.75, 3.05) is 11.9 Å². The molecule has 0 aliphatic carbocycles.